The molecule has 0 radical (unpaired) electrons. The van der Waals surface area contributed by atoms with E-state index in [0.717, 1.165) is 11.3 Å². The van der Waals surface area contributed by atoms with Crippen molar-refractivity contribution in [2.75, 3.05) is 11.1 Å². The molecule has 1 aromatic heterocycles. The molecule has 3 N–H and O–H groups in total. The van der Waals surface area contributed by atoms with Gasteiger partial charge in [0.05, 0.1) is 11.1 Å². The van der Waals surface area contributed by atoms with E-state index in [-0.39, 0.29) is 20.1 Å². The number of nitrogens with one attached hydrogen (secondary N) is 1. The number of hydrogen-bond donors (Lipinski definition) is 2. The van der Waals surface area contributed by atoms with Crippen LogP contribution in [0.15, 0.2) is 39.6 Å². The lowest BCUT2D eigenvalue weighted by atomic mass is 10.3. The summed E-state index contributed by atoms with van der Waals surface area (Å²) in [7, 11) is -3.62. The van der Waals surface area contributed by atoms with E-state index < -0.39 is 9.84 Å². The van der Waals surface area contributed by atoms with Gasteiger partial charge in [0.2, 0.25) is 15.7 Å². The first-order valence-corrected chi connectivity index (χ1v) is 7.53. The summed E-state index contributed by atoms with van der Waals surface area (Å²) < 4.78 is 24.6. The highest BCUT2D eigenvalue weighted by molar-refractivity contribution is 7.93. The fourth-order valence-electron chi connectivity index (χ4n) is 1.36. The number of thiazole rings is 1. The second-order valence-electron chi connectivity index (χ2n) is 3.74. The number of benzene rings is 1. The number of carbonyl (C=O) groups excluding carboxylic acids is 1. The van der Waals surface area contributed by atoms with Crippen LogP contribution in [0.3, 0.4) is 0 Å². The fourth-order valence-corrected chi connectivity index (χ4v) is 3.83. The van der Waals surface area contributed by atoms with Crippen LogP contribution in [0.2, 0.25) is 0 Å². The number of sulfone groups is 1. The van der Waals surface area contributed by atoms with E-state index in [1.165, 1.54) is 37.4 Å². The molecule has 0 aliphatic carbocycles. The molecule has 1 amide bonds. The van der Waals surface area contributed by atoms with Gasteiger partial charge in [0.15, 0.2) is 5.13 Å². The maximum Gasteiger partial charge on any atom is 0.223 e. The highest BCUT2D eigenvalue weighted by atomic mass is 32.2. The van der Waals surface area contributed by atoms with Gasteiger partial charge in [0, 0.05) is 12.6 Å². The summed E-state index contributed by atoms with van der Waals surface area (Å²) in [6.45, 7) is 1.33. The minimum atomic E-state index is -3.62. The van der Waals surface area contributed by atoms with Crippen LogP contribution in [0.4, 0.5) is 10.8 Å². The average molecular weight is 297 g/mol. The Morgan fingerprint density at radius 3 is 2.53 bits per heavy atom. The summed E-state index contributed by atoms with van der Waals surface area (Å²) in [6.07, 6.45) is 1.22. The molecule has 0 aliphatic rings. The van der Waals surface area contributed by atoms with Crippen molar-refractivity contribution >= 4 is 37.9 Å². The molecule has 0 saturated carbocycles. The zero-order valence-electron chi connectivity index (χ0n) is 9.95. The summed E-state index contributed by atoms with van der Waals surface area (Å²) >= 11 is 0.905. The molecule has 6 nitrogen and oxygen atoms in total. The Hall–Kier alpha value is -1.93. The van der Waals surface area contributed by atoms with Crippen LogP contribution in [0.1, 0.15) is 6.92 Å². The third-order valence-corrected chi connectivity index (χ3v) is 5.37. The lowest BCUT2D eigenvalue weighted by molar-refractivity contribution is -0.114. The molecule has 2 aromatic rings. The number of amides is 1. The maximum atomic E-state index is 12.3. The van der Waals surface area contributed by atoms with Gasteiger partial charge in [-0.1, -0.05) is 11.3 Å². The predicted octanol–water partition coefficient (Wildman–Crippen LogP) is 1.52. The summed E-state index contributed by atoms with van der Waals surface area (Å²) in [6, 6.07) is 5.90. The molecule has 8 heteroatoms. The number of nitrogen functional groups attached to an aromatic ring is 1. The van der Waals surface area contributed by atoms with Crippen molar-refractivity contribution < 1.29 is 13.2 Å². The minimum absolute atomic E-state index is 0.0704. The van der Waals surface area contributed by atoms with Crippen LogP contribution in [0.25, 0.3) is 0 Å². The normalized spacial score (nSPS) is 11.2. The average Bonchev–Trinajstić information content (AvgIpc) is 2.78. The number of anilines is 2. The molecule has 100 valence electrons. The summed E-state index contributed by atoms with van der Waals surface area (Å²) in [5.74, 6) is -0.300. The van der Waals surface area contributed by atoms with Gasteiger partial charge < -0.3 is 11.1 Å². The first-order valence-electron chi connectivity index (χ1n) is 5.23. The van der Waals surface area contributed by atoms with Gasteiger partial charge in [-0.15, -0.1) is 0 Å². The van der Waals surface area contributed by atoms with Gasteiger partial charge in [-0.3, -0.25) is 4.79 Å². The molecule has 0 bridgehead atoms. The molecule has 0 spiro atoms. The monoisotopic (exact) mass is 297 g/mol. The summed E-state index contributed by atoms with van der Waals surface area (Å²) in [5, 5.41) is 2.69. The van der Waals surface area contributed by atoms with Crippen LogP contribution in [0.5, 0.6) is 0 Å². The van der Waals surface area contributed by atoms with Crippen LogP contribution < -0.4 is 11.1 Å². The largest absolute Gasteiger partial charge is 0.399 e. The molecular formula is C11H11N3O3S2. The van der Waals surface area contributed by atoms with E-state index >= 15 is 0 Å². The Bertz CT molecular complexity index is 705. The molecule has 1 heterocycles. The SMILES string of the molecule is CC(=O)Nc1ncc(S(=O)(=O)c2ccc(N)cc2)s1. The second-order valence-corrected chi connectivity index (χ2v) is 6.95. The van der Waals surface area contributed by atoms with E-state index in [1.807, 2.05) is 0 Å². The Kier molecular flexibility index (Phi) is 3.54. The summed E-state index contributed by atoms with van der Waals surface area (Å²) in [5.41, 5.74) is 6.00. The third kappa shape index (κ3) is 2.91. The first-order chi connectivity index (χ1) is 8.89. The Balaban J connectivity index is 2.37. The number of carbonyl (C=O) groups is 1. The Morgan fingerprint density at radius 2 is 1.95 bits per heavy atom. The maximum absolute atomic E-state index is 12.3. The van der Waals surface area contributed by atoms with Gasteiger partial charge >= 0.3 is 0 Å². The number of nitrogens with zero attached hydrogens (tertiary/aromatic N) is 1. The van der Waals surface area contributed by atoms with E-state index in [4.69, 9.17) is 5.73 Å². The van der Waals surface area contributed by atoms with Crippen molar-refractivity contribution in [3.05, 3.63) is 30.5 Å². The number of nitrogens with two attached hydrogens (primary N) is 1. The number of aromatic nitrogens is 1. The quantitative estimate of drug-likeness (QED) is 0.836. The molecule has 0 atom stereocenters. The fraction of sp³-hybridized carbons (Fsp3) is 0.0909. The zero-order chi connectivity index (χ0) is 14.0. The Morgan fingerprint density at radius 1 is 1.32 bits per heavy atom. The zero-order valence-corrected chi connectivity index (χ0v) is 11.6. The van der Waals surface area contributed by atoms with Crippen molar-refractivity contribution in [3.8, 4) is 0 Å². The summed E-state index contributed by atoms with van der Waals surface area (Å²) in [4.78, 5) is 14.9. The van der Waals surface area contributed by atoms with Crippen molar-refractivity contribution in [2.24, 2.45) is 0 Å². The Labute approximate surface area is 114 Å². The third-order valence-electron chi connectivity index (χ3n) is 2.22. The van der Waals surface area contributed by atoms with E-state index in [1.54, 1.807) is 0 Å². The predicted molar refractivity (Wildman–Crippen MR) is 72.7 cm³/mol. The lowest BCUT2D eigenvalue weighted by Gasteiger charge is -2.01. The van der Waals surface area contributed by atoms with E-state index in [9.17, 15) is 13.2 Å². The van der Waals surface area contributed by atoms with Gasteiger partial charge in [-0.2, -0.15) is 0 Å². The topological polar surface area (TPSA) is 102 Å². The van der Waals surface area contributed by atoms with Gasteiger partial charge in [-0.05, 0) is 24.3 Å². The minimum Gasteiger partial charge on any atom is -0.399 e. The van der Waals surface area contributed by atoms with Crippen LogP contribution >= 0.6 is 11.3 Å². The van der Waals surface area contributed by atoms with Crippen LogP contribution in [0, 0.1) is 0 Å². The molecule has 1 aromatic carbocycles. The highest BCUT2D eigenvalue weighted by Gasteiger charge is 2.21. The molecule has 0 unspecified atom stereocenters. The van der Waals surface area contributed by atoms with Crippen LogP contribution in [-0.4, -0.2) is 19.3 Å². The smallest absolute Gasteiger partial charge is 0.223 e. The number of rotatable bonds is 3. The molecule has 19 heavy (non-hydrogen) atoms. The first kappa shape index (κ1) is 13.5. The molecule has 0 fully saturated rings. The second kappa shape index (κ2) is 4.98. The molecule has 0 saturated heterocycles. The molecule has 2 rings (SSSR count). The van der Waals surface area contributed by atoms with E-state index in [2.05, 4.69) is 10.3 Å². The van der Waals surface area contributed by atoms with Gasteiger partial charge in [0.1, 0.15) is 4.21 Å². The van der Waals surface area contributed by atoms with Crippen molar-refractivity contribution in [1.29, 1.82) is 0 Å². The van der Waals surface area contributed by atoms with Gasteiger partial charge in [-0.25, -0.2) is 13.4 Å². The number of hydrogen-bond acceptors (Lipinski definition) is 6. The van der Waals surface area contributed by atoms with Crippen molar-refractivity contribution in [3.63, 3.8) is 0 Å². The molecular weight excluding hydrogens is 286 g/mol. The highest BCUT2D eigenvalue weighted by Crippen LogP contribution is 2.28. The molecule has 0 aliphatic heterocycles. The van der Waals surface area contributed by atoms with Crippen LogP contribution in [-0.2, 0) is 14.6 Å². The van der Waals surface area contributed by atoms with Gasteiger partial charge in [0.25, 0.3) is 0 Å². The van der Waals surface area contributed by atoms with E-state index in [0.29, 0.717) is 5.69 Å². The van der Waals surface area contributed by atoms with Crippen molar-refractivity contribution in [1.82, 2.24) is 4.98 Å². The lowest BCUT2D eigenvalue weighted by Crippen LogP contribution is -2.04. The standard InChI is InChI=1S/C11H11N3O3S2/c1-7(15)14-11-13-6-10(18-11)19(16,17)9-4-2-8(12)3-5-9/h2-6H,12H2,1H3,(H,13,14,15). The van der Waals surface area contributed by atoms with Crippen molar-refractivity contribution in [2.45, 2.75) is 16.0 Å².